The maximum absolute atomic E-state index is 14.9. The van der Waals surface area contributed by atoms with Crippen molar-refractivity contribution >= 4 is 159 Å². The van der Waals surface area contributed by atoms with Crippen LogP contribution in [0.5, 0.6) is 0 Å². The smallest absolute Gasteiger partial charge is 0.272 e. The van der Waals surface area contributed by atoms with Crippen LogP contribution in [0.15, 0.2) is 12.1 Å². The van der Waals surface area contributed by atoms with E-state index in [0.717, 1.165) is 10.0 Å². The third-order valence-electron chi connectivity index (χ3n) is 7.98. The van der Waals surface area contributed by atoms with Crippen LogP contribution in [0.3, 0.4) is 0 Å². The van der Waals surface area contributed by atoms with Gasteiger partial charge in [0.2, 0.25) is 0 Å². The molecule has 0 aliphatic rings. The highest BCUT2D eigenvalue weighted by Gasteiger charge is 2.40. The number of hydrogen-bond donors (Lipinski definition) is 13. The highest BCUT2D eigenvalue weighted by molar-refractivity contribution is 14.1. The lowest BCUT2D eigenvalue weighted by Crippen LogP contribution is -2.66. The van der Waals surface area contributed by atoms with Crippen LogP contribution in [0.4, 0.5) is 0 Å². The van der Waals surface area contributed by atoms with E-state index >= 15 is 0 Å². The van der Waals surface area contributed by atoms with Crippen LogP contribution in [-0.4, -0.2) is 169 Å². The summed E-state index contributed by atoms with van der Waals surface area (Å²) in [4.78, 5) is 56.6. The van der Waals surface area contributed by atoms with E-state index in [9.17, 15) is 65.1 Å². The molecule has 25 heteroatoms. The summed E-state index contributed by atoms with van der Waals surface area (Å²) >= 11 is 11.3. The molecule has 0 saturated heterocycles. The van der Waals surface area contributed by atoms with Crippen LogP contribution in [0.25, 0.3) is 0 Å². The Labute approximate surface area is 415 Å². The fraction of sp³-hybridized carbons (Fsp3) is 0.515. The largest absolute Gasteiger partial charge is 0.394 e. The molecule has 2 aromatic rings. The molecule has 19 nitrogen and oxygen atoms in total. The van der Waals surface area contributed by atoms with Gasteiger partial charge in [-0.05, 0) is 167 Å². The molecule has 0 radical (unpaired) electrons. The van der Waals surface area contributed by atoms with E-state index in [1.54, 1.807) is 12.1 Å². The minimum absolute atomic E-state index is 0.0409. The van der Waals surface area contributed by atoms with Crippen molar-refractivity contribution in [1.29, 1.82) is 0 Å². The van der Waals surface area contributed by atoms with Crippen molar-refractivity contribution in [1.82, 2.24) is 31.5 Å². The van der Waals surface area contributed by atoms with E-state index in [2.05, 4.69) is 21.5 Å². The van der Waals surface area contributed by atoms with Gasteiger partial charge in [0.05, 0.1) is 79.2 Å². The molecule has 2 rings (SSSR count). The molecule has 58 heavy (non-hydrogen) atoms. The molecule has 5 atom stereocenters. The number of benzene rings is 2. The van der Waals surface area contributed by atoms with E-state index in [1.807, 2.05) is 136 Å². The molecule has 0 fully saturated rings. The summed E-state index contributed by atoms with van der Waals surface area (Å²) in [6.07, 6.45) is -8.38. The second-order valence-electron chi connectivity index (χ2n) is 12.5. The molecule has 326 valence electrons. The number of hydrazine groups is 2. The van der Waals surface area contributed by atoms with Gasteiger partial charge in [-0.1, -0.05) is 0 Å². The van der Waals surface area contributed by atoms with Crippen molar-refractivity contribution in [2.75, 3.05) is 52.6 Å². The van der Waals surface area contributed by atoms with Crippen molar-refractivity contribution in [2.45, 2.75) is 56.5 Å². The maximum atomic E-state index is 14.9. The maximum Gasteiger partial charge on any atom is 0.272 e. The quantitative estimate of drug-likeness (QED) is 0.0371. The highest BCUT2D eigenvalue weighted by atomic mass is 127. The monoisotopic (exact) mass is 1490 g/mol. The number of carbonyl (C=O) groups is 4. The molecule has 13 N–H and O–H groups in total. The summed E-state index contributed by atoms with van der Waals surface area (Å²) < 4.78 is 1.90. The first-order valence-electron chi connectivity index (χ1n) is 17.2. The van der Waals surface area contributed by atoms with Crippen molar-refractivity contribution in [3.8, 4) is 0 Å². The molecule has 4 amide bonds. The SMILES string of the molecule is CC(O)C(N(NCCC(O)CO)C(=O)c1c(I)cc(I)c(C(=O)NCC(O)CO)c1I)N(NCCC(O)CO)C(=O)c1c(I)cc(I)c(C(=O)NCC(O)CO)c1I. The lowest BCUT2D eigenvalue weighted by atomic mass is 10.1. The van der Waals surface area contributed by atoms with Gasteiger partial charge in [-0.15, -0.1) is 0 Å². The fourth-order valence-corrected chi connectivity index (χ4v) is 13.6. The molecular formula is C33H44I6N6O13. The van der Waals surface area contributed by atoms with Crippen LogP contribution < -0.4 is 21.5 Å². The fourth-order valence-electron chi connectivity index (χ4n) is 4.96. The van der Waals surface area contributed by atoms with Gasteiger partial charge in [-0.25, -0.2) is 20.9 Å². The van der Waals surface area contributed by atoms with Crippen LogP contribution >= 0.6 is 136 Å². The summed E-state index contributed by atoms with van der Waals surface area (Å²) in [5.74, 6) is -3.05. The van der Waals surface area contributed by atoms with E-state index in [-0.39, 0.29) is 68.4 Å². The molecule has 0 spiro atoms. The first-order valence-corrected chi connectivity index (χ1v) is 23.6. The predicted octanol–water partition coefficient (Wildman–Crippen LogP) is -0.732. The Hall–Kier alpha value is 0.260. The number of aliphatic hydroxyl groups excluding tert-OH is 9. The predicted molar refractivity (Wildman–Crippen MR) is 259 cm³/mol. The number of aliphatic hydroxyl groups is 9. The Morgan fingerprint density at radius 3 is 1.16 bits per heavy atom. The summed E-state index contributed by atoms with van der Waals surface area (Å²) in [5.41, 5.74) is 5.79. The topological polar surface area (TPSA) is 305 Å². The van der Waals surface area contributed by atoms with Crippen LogP contribution in [-0.2, 0) is 0 Å². The number of carbonyl (C=O) groups excluding carboxylic acids is 4. The van der Waals surface area contributed by atoms with Crippen LogP contribution in [0.2, 0.25) is 0 Å². The first kappa shape index (κ1) is 54.4. The lowest BCUT2D eigenvalue weighted by Gasteiger charge is -2.42. The Kier molecular flexibility index (Phi) is 25.1. The number of nitrogens with one attached hydrogen (secondary N) is 4. The van der Waals surface area contributed by atoms with Crippen molar-refractivity contribution in [2.24, 2.45) is 0 Å². The summed E-state index contributed by atoms with van der Waals surface area (Å²) in [6, 6.07) is 3.11. The van der Waals surface area contributed by atoms with Gasteiger partial charge >= 0.3 is 0 Å². The molecule has 2 aromatic carbocycles. The normalized spacial score (nSPS) is 14.6. The summed E-state index contributed by atoms with van der Waals surface area (Å²) in [5, 5.41) is 95.9. The second kappa shape index (κ2) is 26.8. The zero-order chi connectivity index (χ0) is 44.0. The molecule has 5 unspecified atom stereocenters. The lowest BCUT2D eigenvalue weighted by molar-refractivity contribution is -0.0587. The molecule has 0 aliphatic heterocycles. The van der Waals surface area contributed by atoms with Gasteiger partial charge < -0.3 is 56.6 Å². The van der Waals surface area contributed by atoms with Gasteiger partial charge in [0.1, 0.15) is 0 Å². The van der Waals surface area contributed by atoms with Gasteiger partial charge in [0, 0.05) is 47.6 Å². The minimum Gasteiger partial charge on any atom is -0.394 e. The molecule has 0 aliphatic carbocycles. The Balaban J connectivity index is 2.89. The van der Waals surface area contributed by atoms with Gasteiger partial charge in [0.15, 0.2) is 6.17 Å². The third-order valence-corrected chi connectivity index (χ3v) is 13.5. The molecule has 0 heterocycles. The number of hydrogen-bond acceptors (Lipinski definition) is 15. The summed E-state index contributed by atoms with van der Waals surface area (Å²) in [6.45, 7) is -2.09. The Morgan fingerprint density at radius 1 is 0.552 bits per heavy atom. The molecule has 0 bridgehead atoms. The number of halogens is 6. The van der Waals surface area contributed by atoms with Crippen molar-refractivity contribution in [3.63, 3.8) is 0 Å². The summed E-state index contributed by atoms with van der Waals surface area (Å²) in [7, 11) is 0. The average Bonchev–Trinajstić information content (AvgIpc) is 3.16. The molecule has 0 aromatic heterocycles. The second-order valence-corrected chi connectivity index (χ2v) is 19.3. The van der Waals surface area contributed by atoms with Crippen molar-refractivity contribution < 1.29 is 65.1 Å². The van der Waals surface area contributed by atoms with E-state index < -0.39 is 86.7 Å². The minimum atomic E-state index is -1.66. The van der Waals surface area contributed by atoms with Crippen LogP contribution in [0, 0.1) is 21.4 Å². The first-order chi connectivity index (χ1) is 27.3. The molecular weight excluding hydrogens is 1450 g/mol. The Bertz CT molecular complexity index is 1630. The molecule has 0 saturated carbocycles. The van der Waals surface area contributed by atoms with E-state index in [1.165, 1.54) is 6.92 Å². The zero-order valence-corrected chi connectivity index (χ0v) is 43.5. The van der Waals surface area contributed by atoms with E-state index in [4.69, 9.17) is 0 Å². The van der Waals surface area contributed by atoms with Gasteiger partial charge in [0.25, 0.3) is 23.6 Å². The number of rotatable bonds is 23. The van der Waals surface area contributed by atoms with E-state index in [0.29, 0.717) is 14.3 Å². The third kappa shape index (κ3) is 15.2. The van der Waals surface area contributed by atoms with Gasteiger partial charge in [-0.3, -0.25) is 19.2 Å². The standard InChI is InChI=1S/C33H44I6N6O13/c1-14(50)31(44(42-4-2-15(51)10-46)32(57)25-21(36)6-19(34)23(27(25)38)29(55)40-8-17(53)12-48)45(43-5-3-16(52)11-47)33(58)26-22(37)7-20(35)24(28(26)39)30(56)41-9-18(54)13-49/h6-7,14-18,31,42-43,46-54H,2-5,8-13H2,1H3,(H,40,55)(H,41,56). The number of amides is 4. The van der Waals surface area contributed by atoms with Gasteiger partial charge in [-0.2, -0.15) is 0 Å². The van der Waals surface area contributed by atoms with Crippen molar-refractivity contribution in [3.05, 3.63) is 55.8 Å². The Morgan fingerprint density at radius 2 is 0.862 bits per heavy atom. The highest BCUT2D eigenvalue weighted by Crippen LogP contribution is 2.32. The van der Waals surface area contributed by atoms with Crippen LogP contribution in [0.1, 0.15) is 61.2 Å². The zero-order valence-electron chi connectivity index (χ0n) is 30.5. The number of nitrogens with zero attached hydrogens (tertiary/aromatic N) is 2. The average molecular weight is 1490 g/mol.